The van der Waals surface area contributed by atoms with Gasteiger partial charge in [0.2, 0.25) is 0 Å². The van der Waals surface area contributed by atoms with E-state index in [1.807, 2.05) is 24.3 Å². The molecule has 0 aliphatic heterocycles. The normalized spacial score (nSPS) is 16.6. The summed E-state index contributed by atoms with van der Waals surface area (Å²) in [4.78, 5) is 15.2. The van der Waals surface area contributed by atoms with E-state index in [0.717, 1.165) is 35.4 Å². The van der Waals surface area contributed by atoms with Crippen LogP contribution in [0.5, 0.6) is 0 Å². The van der Waals surface area contributed by atoms with Crippen molar-refractivity contribution in [2.45, 2.75) is 18.8 Å². The van der Waals surface area contributed by atoms with Gasteiger partial charge in [0.1, 0.15) is 5.82 Å². The van der Waals surface area contributed by atoms with E-state index < -0.39 is 0 Å². The molecule has 0 N–H and O–H groups in total. The maximum atomic E-state index is 5.14. The number of aromatic nitrogens is 3. The Morgan fingerprint density at radius 1 is 0.460 bits per heavy atom. The molecule has 0 radical (unpaired) electrons. The van der Waals surface area contributed by atoms with Gasteiger partial charge in [-0.3, -0.25) is 0 Å². The van der Waals surface area contributed by atoms with Crippen LogP contribution in [0.1, 0.15) is 29.3 Å². The van der Waals surface area contributed by atoms with Crippen LogP contribution in [0.2, 0.25) is 0 Å². The van der Waals surface area contributed by atoms with Crippen molar-refractivity contribution < 1.29 is 0 Å². The molecule has 3 nitrogen and oxygen atoms in total. The van der Waals surface area contributed by atoms with E-state index in [9.17, 15) is 0 Å². The summed E-state index contributed by atoms with van der Waals surface area (Å²) < 4.78 is 0. The van der Waals surface area contributed by atoms with Crippen LogP contribution in [0.15, 0.2) is 175 Å². The fourth-order valence-corrected chi connectivity index (χ4v) is 7.24. The molecule has 2 aliphatic carbocycles. The van der Waals surface area contributed by atoms with Gasteiger partial charge in [0.25, 0.3) is 0 Å². The van der Waals surface area contributed by atoms with E-state index in [2.05, 4.69) is 152 Å². The molecule has 3 heteroatoms. The van der Waals surface area contributed by atoms with Crippen molar-refractivity contribution in [1.29, 1.82) is 0 Å². The molecule has 2 aliphatic rings. The first-order valence-corrected chi connectivity index (χ1v) is 17.4. The van der Waals surface area contributed by atoms with Crippen LogP contribution < -0.4 is 0 Å². The molecule has 0 fully saturated rings. The van der Waals surface area contributed by atoms with Crippen LogP contribution in [0.4, 0.5) is 0 Å². The summed E-state index contributed by atoms with van der Waals surface area (Å²) in [5.41, 5.74) is 10.8. The molecule has 7 aromatic rings. The summed E-state index contributed by atoms with van der Waals surface area (Å²) >= 11 is 0. The lowest BCUT2D eigenvalue weighted by Gasteiger charge is -2.25. The van der Waals surface area contributed by atoms with Crippen LogP contribution in [0, 0.1) is 5.92 Å². The average molecular weight is 642 g/mol. The summed E-state index contributed by atoms with van der Waals surface area (Å²) in [6.07, 6.45) is 13.5. The second kappa shape index (κ2) is 13.0. The van der Waals surface area contributed by atoms with Gasteiger partial charge in [0, 0.05) is 23.0 Å². The van der Waals surface area contributed by atoms with Gasteiger partial charge in [-0.15, -0.1) is 0 Å². The van der Waals surface area contributed by atoms with Crippen molar-refractivity contribution in [2.75, 3.05) is 0 Å². The summed E-state index contributed by atoms with van der Waals surface area (Å²) in [6.45, 7) is 0. The summed E-state index contributed by atoms with van der Waals surface area (Å²) in [6, 6.07) is 51.4. The third-order valence-corrected chi connectivity index (χ3v) is 9.94. The predicted molar refractivity (Wildman–Crippen MR) is 206 cm³/mol. The zero-order chi connectivity index (χ0) is 33.3. The molecule has 2 unspecified atom stereocenters. The molecule has 238 valence electrons. The molecule has 0 spiro atoms. The molecule has 2 atom stereocenters. The Morgan fingerprint density at radius 2 is 1.12 bits per heavy atom. The Kier molecular flexibility index (Phi) is 7.79. The van der Waals surface area contributed by atoms with E-state index in [1.165, 1.54) is 44.2 Å². The van der Waals surface area contributed by atoms with E-state index >= 15 is 0 Å². The monoisotopic (exact) mass is 641 g/mol. The van der Waals surface area contributed by atoms with Gasteiger partial charge in [0.15, 0.2) is 11.6 Å². The summed E-state index contributed by atoms with van der Waals surface area (Å²) in [5.74, 6) is 2.56. The fourth-order valence-electron chi connectivity index (χ4n) is 7.24. The zero-order valence-corrected chi connectivity index (χ0v) is 27.7. The van der Waals surface area contributed by atoms with Crippen LogP contribution in [0.3, 0.4) is 0 Å². The van der Waals surface area contributed by atoms with E-state index in [1.54, 1.807) is 0 Å². The Balaban J connectivity index is 1.02. The average Bonchev–Trinajstić information content (AvgIpc) is 3.21. The predicted octanol–water partition coefficient (Wildman–Crippen LogP) is 11.5. The number of benzene rings is 6. The van der Waals surface area contributed by atoms with Crippen molar-refractivity contribution in [3.05, 3.63) is 192 Å². The molecule has 50 heavy (non-hydrogen) atoms. The van der Waals surface area contributed by atoms with Gasteiger partial charge in [-0.1, -0.05) is 158 Å². The zero-order valence-electron chi connectivity index (χ0n) is 27.7. The fraction of sp³-hybridized carbons (Fsp3) is 0.0851. The standard InChI is InChI=1S/C47H35N3/c1-3-11-32(12-4-1)36-17-9-19-43(30-36)46-48-45(34-14-5-2-6-15-34)49-47(50-46)44-20-10-18-37(31-44)38-23-24-42-29-41(26-25-40(42)28-38)39-22-21-33-13-7-8-16-35(33)27-39/h1-19,21-27,29-31,38,44H,20,28H2. The van der Waals surface area contributed by atoms with Crippen LogP contribution in [0.25, 0.3) is 61.9 Å². The van der Waals surface area contributed by atoms with Gasteiger partial charge in [0.05, 0.1) is 0 Å². The Labute approximate surface area is 293 Å². The van der Waals surface area contributed by atoms with Crippen LogP contribution in [-0.2, 0) is 6.42 Å². The highest BCUT2D eigenvalue weighted by Gasteiger charge is 2.23. The molecular weight excluding hydrogens is 607 g/mol. The van der Waals surface area contributed by atoms with Gasteiger partial charge in [-0.05, 0) is 80.8 Å². The lowest BCUT2D eigenvalue weighted by Crippen LogP contribution is -2.14. The van der Waals surface area contributed by atoms with Crippen molar-refractivity contribution in [1.82, 2.24) is 15.0 Å². The highest BCUT2D eigenvalue weighted by atomic mass is 15.0. The molecule has 0 bridgehead atoms. The largest absolute Gasteiger partial charge is 0.212 e. The minimum absolute atomic E-state index is 0.0570. The number of nitrogens with zero attached hydrogens (tertiary/aromatic N) is 3. The Hall–Kier alpha value is -6.19. The smallest absolute Gasteiger partial charge is 0.163 e. The number of hydrogen-bond acceptors (Lipinski definition) is 3. The molecule has 0 amide bonds. The molecule has 1 heterocycles. The first kappa shape index (κ1) is 29.9. The number of allylic oxidation sites excluding steroid dienone is 5. The van der Waals surface area contributed by atoms with Crippen molar-refractivity contribution in [3.8, 4) is 45.0 Å². The maximum Gasteiger partial charge on any atom is 0.163 e. The summed E-state index contributed by atoms with van der Waals surface area (Å²) in [5, 5.41) is 2.54. The van der Waals surface area contributed by atoms with Crippen LogP contribution >= 0.6 is 0 Å². The minimum Gasteiger partial charge on any atom is -0.212 e. The third kappa shape index (κ3) is 5.99. The van der Waals surface area contributed by atoms with Crippen molar-refractivity contribution in [3.63, 3.8) is 0 Å². The highest BCUT2D eigenvalue weighted by Crippen LogP contribution is 2.36. The highest BCUT2D eigenvalue weighted by molar-refractivity contribution is 5.87. The third-order valence-electron chi connectivity index (χ3n) is 9.94. The van der Waals surface area contributed by atoms with E-state index in [0.29, 0.717) is 17.6 Å². The quantitative estimate of drug-likeness (QED) is 0.181. The molecule has 9 rings (SSSR count). The second-order valence-corrected chi connectivity index (χ2v) is 13.2. The Bertz CT molecular complexity index is 2440. The topological polar surface area (TPSA) is 38.7 Å². The number of hydrogen-bond donors (Lipinski definition) is 0. The van der Waals surface area contributed by atoms with E-state index in [4.69, 9.17) is 15.0 Å². The molecular formula is C47H35N3. The van der Waals surface area contributed by atoms with Gasteiger partial charge in [-0.25, -0.2) is 15.0 Å². The van der Waals surface area contributed by atoms with Gasteiger partial charge < -0.3 is 0 Å². The van der Waals surface area contributed by atoms with Crippen molar-refractivity contribution >= 4 is 16.8 Å². The number of rotatable bonds is 6. The second-order valence-electron chi connectivity index (χ2n) is 13.2. The first-order chi connectivity index (χ1) is 24.7. The van der Waals surface area contributed by atoms with Gasteiger partial charge in [-0.2, -0.15) is 0 Å². The van der Waals surface area contributed by atoms with Crippen LogP contribution in [-0.4, -0.2) is 15.0 Å². The molecule has 6 aromatic carbocycles. The first-order valence-electron chi connectivity index (χ1n) is 17.4. The maximum absolute atomic E-state index is 5.14. The SMILES string of the molecule is C1=CC(C2C=Cc3cc(-c4ccc5ccccc5c4)ccc3C2)=CC(c2nc(-c3ccccc3)nc(-c3cccc(-c4ccccc4)c3)n2)C1. The molecule has 0 saturated carbocycles. The molecule has 0 saturated heterocycles. The van der Waals surface area contributed by atoms with Crippen molar-refractivity contribution in [2.24, 2.45) is 5.92 Å². The molecule has 1 aromatic heterocycles. The van der Waals surface area contributed by atoms with E-state index in [-0.39, 0.29) is 5.92 Å². The lowest BCUT2D eigenvalue weighted by atomic mass is 9.80. The number of fused-ring (bicyclic) bond motifs is 2. The summed E-state index contributed by atoms with van der Waals surface area (Å²) in [7, 11) is 0. The minimum atomic E-state index is 0.0570. The lowest BCUT2D eigenvalue weighted by molar-refractivity contribution is 0.709. The Morgan fingerprint density at radius 3 is 1.96 bits per heavy atom. The van der Waals surface area contributed by atoms with Gasteiger partial charge >= 0.3 is 0 Å².